The Bertz CT molecular complexity index is 506. The van der Waals surface area contributed by atoms with Gasteiger partial charge in [0.25, 0.3) is 0 Å². The summed E-state index contributed by atoms with van der Waals surface area (Å²) in [6, 6.07) is 0.296. The molecular formula is C13H19N5O3. The summed E-state index contributed by atoms with van der Waals surface area (Å²) in [5, 5.41) is 20.3. The van der Waals surface area contributed by atoms with Gasteiger partial charge in [-0.3, -0.25) is 0 Å². The van der Waals surface area contributed by atoms with Gasteiger partial charge in [0, 0.05) is 30.9 Å². The van der Waals surface area contributed by atoms with Crippen LogP contribution in [0.3, 0.4) is 0 Å². The van der Waals surface area contributed by atoms with Gasteiger partial charge in [-0.25, -0.2) is 14.6 Å². The summed E-state index contributed by atoms with van der Waals surface area (Å²) in [6.07, 6.45) is 3.27. The van der Waals surface area contributed by atoms with E-state index in [9.17, 15) is 14.7 Å². The third-order valence-corrected chi connectivity index (χ3v) is 2.92. The topological polar surface area (TPSA) is 122 Å². The molecule has 0 spiro atoms. The number of hydrogen-bond acceptors (Lipinski definition) is 4. The first-order chi connectivity index (χ1) is 9.95. The summed E-state index contributed by atoms with van der Waals surface area (Å²) in [7, 11) is 0. The Hall–Kier alpha value is -2.56. The van der Waals surface area contributed by atoms with Crippen LogP contribution in [0.5, 0.6) is 0 Å². The summed E-state index contributed by atoms with van der Waals surface area (Å²) in [4.78, 5) is 31.4. The van der Waals surface area contributed by atoms with Crippen molar-refractivity contribution >= 4 is 12.0 Å². The summed E-state index contributed by atoms with van der Waals surface area (Å²) in [6.45, 7) is 3.87. The molecule has 0 aromatic carbocycles. The third-order valence-electron chi connectivity index (χ3n) is 2.92. The number of nitrogens with zero attached hydrogens (tertiary/aromatic N) is 3. The zero-order valence-electron chi connectivity index (χ0n) is 12.0. The van der Waals surface area contributed by atoms with Crippen molar-refractivity contribution in [2.75, 3.05) is 6.54 Å². The van der Waals surface area contributed by atoms with E-state index in [1.54, 1.807) is 0 Å². The van der Waals surface area contributed by atoms with Crippen molar-refractivity contribution in [3.63, 3.8) is 0 Å². The average Bonchev–Trinajstić information content (AvgIpc) is 2.90. The molecule has 114 valence electrons. The molecule has 1 heterocycles. The molecule has 0 radical (unpaired) electrons. The number of carbonyl (C=O) groups is 2. The SMILES string of the molecule is CC(C)N(CCC#N)C(=O)N[C@@H](Cc1cnc[nH]1)C(=O)O. The lowest BCUT2D eigenvalue weighted by Gasteiger charge is -2.27. The number of nitriles is 1. The Labute approximate surface area is 122 Å². The minimum Gasteiger partial charge on any atom is -0.480 e. The molecule has 0 aliphatic carbocycles. The van der Waals surface area contributed by atoms with Crippen molar-refractivity contribution < 1.29 is 14.7 Å². The number of nitrogens with one attached hydrogen (secondary N) is 2. The quantitative estimate of drug-likeness (QED) is 0.684. The Balaban J connectivity index is 2.70. The molecule has 0 saturated carbocycles. The number of aromatic amines is 1. The van der Waals surface area contributed by atoms with Crippen LogP contribution in [0.2, 0.25) is 0 Å². The normalized spacial score (nSPS) is 11.7. The van der Waals surface area contributed by atoms with Gasteiger partial charge in [0.1, 0.15) is 6.04 Å². The average molecular weight is 293 g/mol. The van der Waals surface area contributed by atoms with Crippen LogP contribution in [-0.2, 0) is 11.2 Å². The molecule has 0 fully saturated rings. The highest BCUT2D eigenvalue weighted by atomic mass is 16.4. The van der Waals surface area contributed by atoms with Gasteiger partial charge < -0.3 is 20.3 Å². The van der Waals surface area contributed by atoms with Gasteiger partial charge in [-0.2, -0.15) is 5.26 Å². The van der Waals surface area contributed by atoms with Crippen LogP contribution in [0.4, 0.5) is 4.79 Å². The van der Waals surface area contributed by atoms with E-state index in [1.165, 1.54) is 17.4 Å². The van der Waals surface area contributed by atoms with Gasteiger partial charge in [-0.15, -0.1) is 0 Å². The van der Waals surface area contributed by atoms with Gasteiger partial charge in [0.05, 0.1) is 18.8 Å². The van der Waals surface area contributed by atoms with Crippen molar-refractivity contribution in [3.05, 3.63) is 18.2 Å². The van der Waals surface area contributed by atoms with E-state index in [4.69, 9.17) is 5.26 Å². The molecule has 8 nitrogen and oxygen atoms in total. The lowest BCUT2D eigenvalue weighted by atomic mass is 10.1. The number of aliphatic carboxylic acids is 1. The smallest absolute Gasteiger partial charge is 0.326 e. The number of rotatable bonds is 7. The number of amides is 2. The molecule has 1 rings (SSSR count). The number of urea groups is 1. The van der Waals surface area contributed by atoms with E-state index in [2.05, 4.69) is 15.3 Å². The number of H-pyrrole nitrogens is 1. The van der Waals surface area contributed by atoms with Crippen LogP contribution >= 0.6 is 0 Å². The van der Waals surface area contributed by atoms with Crippen molar-refractivity contribution in [2.24, 2.45) is 0 Å². The van der Waals surface area contributed by atoms with Crippen LogP contribution in [0.15, 0.2) is 12.5 Å². The highest BCUT2D eigenvalue weighted by Gasteiger charge is 2.25. The first-order valence-electron chi connectivity index (χ1n) is 6.59. The van der Waals surface area contributed by atoms with Gasteiger partial charge in [-0.05, 0) is 13.8 Å². The predicted octanol–water partition coefficient (Wildman–Crippen LogP) is 0.739. The molecule has 1 aromatic heterocycles. The molecule has 3 N–H and O–H groups in total. The Morgan fingerprint density at radius 2 is 2.29 bits per heavy atom. The molecule has 1 aromatic rings. The van der Waals surface area contributed by atoms with Gasteiger partial charge >= 0.3 is 12.0 Å². The fraction of sp³-hybridized carbons (Fsp3) is 0.538. The lowest BCUT2D eigenvalue weighted by Crippen LogP contribution is -2.51. The fourth-order valence-electron chi connectivity index (χ4n) is 1.81. The van der Waals surface area contributed by atoms with Crippen molar-refractivity contribution in [3.8, 4) is 6.07 Å². The van der Waals surface area contributed by atoms with Crippen LogP contribution in [-0.4, -0.2) is 50.6 Å². The summed E-state index contributed by atoms with van der Waals surface area (Å²) < 4.78 is 0. The van der Waals surface area contributed by atoms with Gasteiger partial charge in [0.15, 0.2) is 0 Å². The summed E-state index contributed by atoms with van der Waals surface area (Å²) in [5.74, 6) is -1.12. The van der Waals surface area contributed by atoms with E-state index in [0.29, 0.717) is 5.69 Å². The number of carbonyl (C=O) groups excluding carboxylic acids is 1. The Kier molecular flexibility index (Phi) is 6.20. The second kappa shape index (κ2) is 7.89. The lowest BCUT2D eigenvalue weighted by molar-refractivity contribution is -0.139. The van der Waals surface area contributed by atoms with Crippen LogP contribution in [0, 0.1) is 11.3 Å². The monoisotopic (exact) mass is 293 g/mol. The van der Waals surface area contributed by atoms with E-state index in [1.807, 2.05) is 19.9 Å². The Morgan fingerprint density at radius 1 is 1.57 bits per heavy atom. The van der Waals surface area contributed by atoms with E-state index < -0.39 is 18.0 Å². The highest BCUT2D eigenvalue weighted by molar-refractivity contribution is 5.82. The van der Waals surface area contributed by atoms with E-state index in [0.717, 1.165) is 0 Å². The number of aromatic nitrogens is 2. The second-order valence-corrected chi connectivity index (χ2v) is 4.82. The van der Waals surface area contributed by atoms with Crippen LogP contribution in [0.1, 0.15) is 26.0 Å². The molecule has 21 heavy (non-hydrogen) atoms. The number of carboxylic acids is 1. The zero-order valence-corrected chi connectivity index (χ0v) is 12.0. The first-order valence-corrected chi connectivity index (χ1v) is 6.59. The summed E-state index contributed by atoms with van der Waals surface area (Å²) in [5.41, 5.74) is 0.621. The van der Waals surface area contributed by atoms with Crippen LogP contribution < -0.4 is 5.32 Å². The minimum absolute atomic E-state index is 0.116. The highest BCUT2D eigenvalue weighted by Crippen LogP contribution is 2.04. The molecule has 1 atom stereocenters. The largest absolute Gasteiger partial charge is 0.480 e. The molecule has 0 aliphatic rings. The standard InChI is InChI=1S/C13H19N5O3/c1-9(2)18(5-3-4-14)13(21)17-11(12(19)20)6-10-7-15-8-16-10/h7-9,11H,3,5-6H2,1-2H3,(H,15,16)(H,17,21)(H,19,20)/t11-/m0/s1. The molecule has 0 aliphatic heterocycles. The van der Waals surface area contributed by atoms with Crippen molar-refractivity contribution in [1.82, 2.24) is 20.2 Å². The second-order valence-electron chi connectivity index (χ2n) is 4.82. The maximum Gasteiger partial charge on any atom is 0.326 e. The summed E-state index contributed by atoms with van der Waals surface area (Å²) >= 11 is 0. The first kappa shape index (κ1) is 16.5. The van der Waals surface area contributed by atoms with Crippen molar-refractivity contribution in [1.29, 1.82) is 5.26 Å². The van der Waals surface area contributed by atoms with Gasteiger partial charge in [0.2, 0.25) is 0 Å². The van der Waals surface area contributed by atoms with Gasteiger partial charge in [-0.1, -0.05) is 0 Å². The minimum atomic E-state index is -1.12. The number of hydrogen-bond donors (Lipinski definition) is 3. The number of imidazole rings is 1. The maximum atomic E-state index is 12.2. The van der Waals surface area contributed by atoms with Crippen LogP contribution in [0.25, 0.3) is 0 Å². The molecule has 0 unspecified atom stereocenters. The Morgan fingerprint density at radius 3 is 2.76 bits per heavy atom. The zero-order chi connectivity index (χ0) is 15.8. The van der Waals surface area contributed by atoms with E-state index >= 15 is 0 Å². The molecule has 2 amide bonds. The maximum absolute atomic E-state index is 12.2. The fourth-order valence-corrected chi connectivity index (χ4v) is 1.81. The van der Waals surface area contributed by atoms with Crippen molar-refractivity contribution in [2.45, 2.75) is 38.8 Å². The molecule has 0 bridgehead atoms. The molecule has 8 heteroatoms. The molecular weight excluding hydrogens is 274 g/mol. The van der Waals surface area contributed by atoms with E-state index in [-0.39, 0.29) is 25.4 Å². The number of carboxylic acid groups (broad SMARTS) is 1. The molecule has 0 saturated heterocycles. The third kappa shape index (κ3) is 5.14. The predicted molar refractivity (Wildman–Crippen MR) is 74.3 cm³/mol.